The number of nitrogens with zero attached hydrogens (tertiary/aromatic N) is 2. The number of rotatable bonds is 1. The monoisotopic (exact) mass is 371 g/mol. The van der Waals surface area contributed by atoms with Crippen molar-refractivity contribution in [3.05, 3.63) is 47.2 Å². The SMILES string of the molecule is NC1=N[C@@]2(CO1)c1cc(-c3cncc(Cl)c3)ccc1O[C@H]1CCOC[C@@H]12. The van der Waals surface area contributed by atoms with E-state index < -0.39 is 5.54 Å². The standard InChI is InChI=1S/C19H18ClN3O3/c20-13-5-12(7-22-8-13)11-1-2-16-14(6-11)19(10-25-18(21)23-19)15-9-24-4-3-17(15)26-16/h1-2,5-8,15,17H,3-4,9-10H2,(H2,21,23)/t15-,17-,19-/m0/s1. The van der Waals surface area contributed by atoms with Crippen LogP contribution in [0, 0.1) is 5.92 Å². The van der Waals surface area contributed by atoms with Gasteiger partial charge in [-0.15, -0.1) is 0 Å². The van der Waals surface area contributed by atoms with E-state index >= 15 is 0 Å². The molecule has 0 saturated carbocycles. The van der Waals surface area contributed by atoms with Gasteiger partial charge in [0.2, 0.25) is 0 Å². The number of aromatic nitrogens is 1. The predicted octanol–water partition coefficient (Wildman–Crippen LogP) is 2.74. The molecule has 0 unspecified atom stereocenters. The van der Waals surface area contributed by atoms with Gasteiger partial charge in [0.05, 0.1) is 24.2 Å². The minimum Gasteiger partial charge on any atom is -0.489 e. The molecule has 2 aromatic rings. The number of nitrogens with two attached hydrogens (primary N) is 1. The maximum atomic E-state index is 6.29. The Bertz CT molecular complexity index is 903. The van der Waals surface area contributed by atoms with Gasteiger partial charge in [-0.25, -0.2) is 4.99 Å². The molecule has 1 spiro atoms. The maximum Gasteiger partial charge on any atom is 0.283 e. The zero-order valence-corrected chi connectivity index (χ0v) is 14.8. The Balaban J connectivity index is 1.67. The van der Waals surface area contributed by atoms with E-state index in [-0.39, 0.29) is 18.0 Å². The topological polar surface area (TPSA) is 79.0 Å². The lowest BCUT2D eigenvalue weighted by atomic mass is 9.72. The predicted molar refractivity (Wildman–Crippen MR) is 97.3 cm³/mol. The van der Waals surface area contributed by atoms with Crippen LogP contribution in [0.3, 0.4) is 0 Å². The Morgan fingerprint density at radius 2 is 2.12 bits per heavy atom. The highest BCUT2D eigenvalue weighted by Crippen LogP contribution is 2.50. The average molecular weight is 372 g/mol. The fraction of sp³-hybridized carbons (Fsp3) is 0.368. The van der Waals surface area contributed by atoms with Gasteiger partial charge < -0.3 is 19.9 Å². The molecule has 3 atom stereocenters. The summed E-state index contributed by atoms with van der Waals surface area (Å²) in [5.41, 5.74) is 8.24. The number of fused-ring (bicyclic) bond motifs is 4. The first-order valence-electron chi connectivity index (χ1n) is 8.64. The minimum absolute atomic E-state index is 0.0492. The summed E-state index contributed by atoms with van der Waals surface area (Å²) in [5, 5.41) is 0.596. The van der Waals surface area contributed by atoms with Crippen LogP contribution in [0.4, 0.5) is 0 Å². The Labute approximate surface area is 155 Å². The van der Waals surface area contributed by atoms with E-state index in [1.54, 1.807) is 12.4 Å². The minimum atomic E-state index is -0.579. The molecule has 3 aliphatic heterocycles. The van der Waals surface area contributed by atoms with Gasteiger partial charge in [0.1, 0.15) is 24.0 Å². The Morgan fingerprint density at radius 1 is 1.19 bits per heavy atom. The highest BCUT2D eigenvalue weighted by atomic mass is 35.5. The summed E-state index contributed by atoms with van der Waals surface area (Å²) < 4.78 is 17.6. The lowest BCUT2D eigenvalue weighted by molar-refractivity contribution is -0.0726. The molecule has 0 bridgehead atoms. The average Bonchev–Trinajstić information content (AvgIpc) is 3.04. The van der Waals surface area contributed by atoms with Crippen LogP contribution in [0.5, 0.6) is 5.75 Å². The van der Waals surface area contributed by atoms with Crippen LogP contribution < -0.4 is 10.5 Å². The van der Waals surface area contributed by atoms with Crippen molar-refractivity contribution in [1.29, 1.82) is 0 Å². The molecule has 0 radical (unpaired) electrons. The van der Waals surface area contributed by atoms with Crippen molar-refractivity contribution in [3.8, 4) is 16.9 Å². The normalized spacial score (nSPS) is 29.3. The quantitative estimate of drug-likeness (QED) is 0.833. The van der Waals surface area contributed by atoms with Crippen LogP contribution in [-0.2, 0) is 15.0 Å². The van der Waals surface area contributed by atoms with Crippen LogP contribution in [0.25, 0.3) is 11.1 Å². The maximum absolute atomic E-state index is 6.29. The van der Waals surface area contributed by atoms with Gasteiger partial charge in [-0.2, -0.15) is 0 Å². The van der Waals surface area contributed by atoms with Crippen LogP contribution >= 0.6 is 11.6 Å². The number of halogens is 1. The smallest absolute Gasteiger partial charge is 0.283 e. The van der Waals surface area contributed by atoms with Crippen molar-refractivity contribution in [1.82, 2.24) is 4.98 Å². The molecule has 4 heterocycles. The van der Waals surface area contributed by atoms with E-state index in [2.05, 4.69) is 11.1 Å². The van der Waals surface area contributed by atoms with Gasteiger partial charge in [0.15, 0.2) is 0 Å². The van der Waals surface area contributed by atoms with Crippen molar-refractivity contribution in [2.45, 2.75) is 18.1 Å². The second-order valence-electron chi connectivity index (χ2n) is 6.89. The Hall–Kier alpha value is -2.31. The highest BCUT2D eigenvalue weighted by molar-refractivity contribution is 6.30. The van der Waals surface area contributed by atoms with Crippen LogP contribution in [0.1, 0.15) is 12.0 Å². The molecule has 1 aromatic heterocycles. The third kappa shape index (κ3) is 2.36. The molecule has 1 saturated heterocycles. The molecule has 1 aromatic carbocycles. The first kappa shape index (κ1) is 15.9. The Morgan fingerprint density at radius 3 is 2.92 bits per heavy atom. The van der Waals surface area contributed by atoms with Crippen molar-refractivity contribution in [2.75, 3.05) is 19.8 Å². The summed E-state index contributed by atoms with van der Waals surface area (Å²) in [6.45, 7) is 1.67. The number of hydrogen-bond donors (Lipinski definition) is 1. The zero-order chi connectivity index (χ0) is 17.7. The molecule has 3 aliphatic rings. The summed E-state index contributed by atoms with van der Waals surface area (Å²) in [5.74, 6) is 0.895. The van der Waals surface area contributed by atoms with Gasteiger partial charge in [-0.05, 0) is 23.8 Å². The second kappa shape index (κ2) is 5.86. The molecular weight excluding hydrogens is 354 g/mol. The van der Waals surface area contributed by atoms with E-state index in [1.165, 1.54) is 0 Å². The number of hydrogen-bond acceptors (Lipinski definition) is 6. The van der Waals surface area contributed by atoms with Crippen molar-refractivity contribution >= 4 is 17.6 Å². The Kier molecular flexibility index (Phi) is 3.58. The van der Waals surface area contributed by atoms with Gasteiger partial charge in [0, 0.05) is 29.9 Å². The molecule has 1 fully saturated rings. The van der Waals surface area contributed by atoms with E-state index in [9.17, 15) is 0 Å². The van der Waals surface area contributed by atoms with Gasteiger partial charge in [-0.3, -0.25) is 4.98 Å². The molecule has 2 N–H and O–H groups in total. The number of amidine groups is 1. The summed E-state index contributed by atoms with van der Waals surface area (Å²) in [6, 6.07) is 8.20. The molecule has 0 aliphatic carbocycles. The molecule has 5 rings (SSSR count). The fourth-order valence-corrected chi connectivity index (χ4v) is 4.33. The third-order valence-electron chi connectivity index (χ3n) is 5.42. The largest absolute Gasteiger partial charge is 0.489 e. The van der Waals surface area contributed by atoms with E-state index in [0.717, 1.165) is 28.9 Å². The molecule has 134 valence electrons. The van der Waals surface area contributed by atoms with Crippen LogP contribution in [0.2, 0.25) is 5.02 Å². The zero-order valence-electron chi connectivity index (χ0n) is 14.0. The van der Waals surface area contributed by atoms with E-state index in [0.29, 0.717) is 24.8 Å². The third-order valence-corrected chi connectivity index (χ3v) is 5.63. The van der Waals surface area contributed by atoms with Gasteiger partial charge >= 0.3 is 0 Å². The summed E-state index contributed by atoms with van der Waals surface area (Å²) in [6.07, 6.45) is 4.29. The number of ether oxygens (including phenoxy) is 3. The molecule has 6 nitrogen and oxygen atoms in total. The summed E-state index contributed by atoms with van der Waals surface area (Å²) >= 11 is 6.11. The van der Waals surface area contributed by atoms with E-state index in [1.807, 2.05) is 18.2 Å². The molecular formula is C19H18ClN3O3. The summed E-state index contributed by atoms with van der Waals surface area (Å²) in [7, 11) is 0. The lowest BCUT2D eigenvalue weighted by Gasteiger charge is -2.45. The lowest BCUT2D eigenvalue weighted by Crippen LogP contribution is -2.52. The summed E-state index contributed by atoms with van der Waals surface area (Å²) in [4.78, 5) is 8.91. The van der Waals surface area contributed by atoms with Gasteiger partial charge in [-0.1, -0.05) is 17.7 Å². The number of pyridine rings is 1. The van der Waals surface area contributed by atoms with Crippen LogP contribution in [-0.4, -0.2) is 36.9 Å². The molecule has 0 amide bonds. The fourth-order valence-electron chi connectivity index (χ4n) is 4.16. The van der Waals surface area contributed by atoms with Crippen LogP contribution in [0.15, 0.2) is 41.7 Å². The van der Waals surface area contributed by atoms with E-state index in [4.69, 9.17) is 36.5 Å². The number of benzene rings is 1. The second-order valence-corrected chi connectivity index (χ2v) is 7.33. The number of aliphatic imine (C=N–C) groups is 1. The van der Waals surface area contributed by atoms with Gasteiger partial charge in [0.25, 0.3) is 6.02 Å². The molecule has 7 heteroatoms. The van der Waals surface area contributed by atoms with Crippen molar-refractivity contribution < 1.29 is 14.2 Å². The first-order chi connectivity index (χ1) is 12.7. The van der Waals surface area contributed by atoms with Crippen molar-refractivity contribution in [2.24, 2.45) is 16.6 Å². The first-order valence-corrected chi connectivity index (χ1v) is 9.01. The highest BCUT2D eigenvalue weighted by Gasteiger charge is 2.54. The van der Waals surface area contributed by atoms with Crippen molar-refractivity contribution in [3.63, 3.8) is 0 Å². The molecule has 26 heavy (non-hydrogen) atoms.